The zero-order valence-electron chi connectivity index (χ0n) is 11.8. The molecule has 0 aliphatic heterocycles. The van der Waals surface area contributed by atoms with Gasteiger partial charge in [-0.1, -0.05) is 12.1 Å². The molecule has 0 aliphatic carbocycles. The predicted octanol–water partition coefficient (Wildman–Crippen LogP) is 3.59. The first kappa shape index (κ1) is 13.8. The maximum atomic E-state index is 11.7. The molecule has 1 N–H and O–H groups in total. The highest BCUT2D eigenvalue weighted by Gasteiger charge is 2.13. The van der Waals surface area contributed by atoms with E-state index in [-0.39, 0.29) is 5.97 Å². The Hall–Kier alpha value is -2.14. The minimum absolute atomic E-state index is 0.350. The summed E-state index contributed by atoms with van der Waals surface area (Å²) in [5, 5.41) is 2.10. The summed E-state index contributed by atoms with van der Waals surface area (Å²) in [6.45, 7) is 0. The number of esters is 1. The molecular weight excluding hydrogens is 284 g/mol. The fourth-order valence-corrected chi connectivity index (χ4v) is 3.11. The largest absolute Gasteiger partial charge is 0.465 e. The molecule has 2 heterocycles. The second kappa shape index (κ2) is 6.10. The van der Waals surface area contributed by atoms with Crippen LogP contribution in [-0.4, -0.2) is 23.0 Å². The van der Waals surface area contributed by atoms with E-state index in [1.165, 1.54) is 12.0 Å². The van der Waals surface area contributed by atoms with Crippen LogP contribution in [0, 0.1) is 0 Å². The fourth-order valence-electron chi connectivity index (χ4n) is 2.36. The molecule has 0 atom stereocenters. The van der Waals surface area contributed by atoms with E-state index in [9.17, 15) is 4.79 Å². The van der Waals surface area contributed by atoms with Gasteiger partial charge in [0.1, 0.15) is 11.3 Å². The molecule has 0 amide bonds. The van der Waals surface area contributed by atoms with Crippen LogP contribution in [0.5, 0.6) is 0 Å². The number of nitrogens with zero attached hydrogens (tertiary/aromatic N) is 1. The monoisotopic (exact) mass is 300 g/mol. The van der Waals surface area contributed by atoms with Gasteiger partial charge in [-0.2, -0.15) is 0 Å². The van der Waals surface area contributed by atoms with Crippen LogP contribution in [0.4, 0.5) is 0 Å². The lowest BCUT2D eigenvalue weighted by Gasteiger charge is -1.98. The molecule has 1 aromatic carbocycles. The van der Waals surface area contributed by atoms with E-state index in [0.717, 1.165) is 30.6 Å². The number of para-hydroxylation sites is 1. The number of rotatable bonds is 5. The number of H-pyrrole nitrogens is 1. The number of aromatic nitrogens is 2. The van der Waals surface area contributed by atoms with Gasteiger partial charge in [-0.05, 0) is 36.4 Å². The average Bonchev–Trinajstić information content (AvgIpc) is 3.14. The van der Waals surface area contributed by atoms with Gasteiger partial charge in [0.2, 0.25) is 0 Å². The maximum Gasteiger partial charge on any atom is 0.340 e. The Morgan fingerprint density at radius 3 is 2.95 bits per heavy atom. The molecule has 0 unspecified atom stereocenters. The number of carbonyl (C=O) groups is 1. The van der Waals surface area contributed by atoms with Gasteiger partial charge in [-0.25, -0.2) is 9.78 Å². The lowest BCUT2D eigenvalue weighted by Crippen LogP contribution is -2.01. The second-order valence-electron chi connectivity index (χ2n) is 4.81. The predicted molar refractivity (Wildman–Crippen MR) is 83.8 cm³/mol. The molecule has 0 saturated heterocycles. The minimum Gasteiger partial charge on any atom is -0.465 e. The average molecular weight is 300 g/mol. The van der Waals surface area contributed by atoms with Crippen LogP contribution in [0.2, 0.25) is 0 Å². The van der Waals surface area contributed by atoms with Crippen LogP contribution in [0.25, 0.3) is 11.0 Å². The van der Waals surface area contributed by atoms with Gasteiger partial charge in [-0.15, -0.1) is 11.3 Å². The highest BCUT2D eigenvalue weighted by atomic mass is 32.1. The Balaban J connectivity index is 1.76. The third-order valence-electron chi connectivity index (χ3n) is 3.38. The summed E-state index contributed by atoms with van der Waals surface area (Å²) in [7, 11) is 1.38. The van der Waals surface area contributed by atoms with Crippen molar-refractivity contribution in [3.8, 4) is 0 Å². The van der Waals surface area contributed by atoms with E-state index in [2.05, 4.69) is 27.5 Å². The van der Waals surface area contributed by atoms with Gasteiger partial charge < -0.3 is 9.72 Å². The van der Waals surface area contributed by atoms with E-state index in [0.29, 0.717) is 11.1 Å². The van der Waals surface area contributed by atoms with Crippen LogP contribution in [-0.2, 0) is 17.6 Å². The number of carbonyl (C=O) groups excluding carboxylic acids is 1. The number of hydrogen-bond acceptors (Lipinski definition) is 4. The number of benzene rings is 1. The summed E-state index contributed by atoms with van der Waals surface area (Å²) in [6, 6.07) is 9.73. The van der Waals surface area contributed by atoms with Gasteiger partial charge in [0.05, 0.1) is 18.2 Å². The van der Waals surface area contributed by atoms with Crippen LogP contribution >= 0.6 is 11.3 Å². The summed E-state index contributed by atoms with van der Waals surface area (Å²) >= 11 is 1.78. The summed E-state index contributed by atoms with van der Waals surface area (Å²) in [6.07, 6.45) is 2.96. The topological polar surface area (TPSA) is 55.0 Å². The summed E-state index contributed by atoms with van der Waals surface area (Å²) in [5.74, 6) is 0.565. The normalized spacial score (nSPS) is 10.9. The number of methoxy groups -OCH3 is 1. The summed E-state index contributed by atoms with van der Waals surface area (Å²) in [4.78, 5) is 20.9. The summed E-state index contributed by atoms with van der Waals surface area (Å²) < 4.78 is 4.79. The van der Waals surface area contributed by atoms with Crippen molar-refractivity contribution in [2.24, 2.45) is 0 Å². The lowest BCUT2D eigenvalue weighted by atomic mass is 10.2. The molecule has 0 fully saturated rings. The number of aromatic amines is 1. The third kappa shape index (κ3) is 2.97. The molecule has 3 aromatic rings. The fraction of sp³-hybridized carbons (Fsp3) is 0.250. The molecule has 0 bridgehead atoms. The number of imidazole rings is 1. The highest BCUT2D eigenvalue weighted by Crippen LogP contribution is 2.19. The third-order valence-corrected chi connectivity index (χ3v) is 4.32. The molecule has 0 radical (unpaired) electrons. The first-order valence-electron chi connectivity index (χ1n) is 6.86. The van der Waals surface area contributed by atoms with Gasteiger partial charge in [0.15, 0.2) is 0 Å². The van der Waals surface area contributed by atoms with Crippen molar-refractivity contribution in [2.75, 3.05) is 7.11 Å². The molecule has 4 nitrogen and oxygen atoms in total. The number of nitrogens with one attached hydrogen (secondary N) is 1. The number of aryl methyl sites for hydroxylation is 2. The molecule has 3 rings (SSSR count). The highest BCUT2D eigenvalue weighted by molar-refractivity contribution is 7.09. The Morgan fingerprint density at radius 1 is 1.29 bits per heavy atom. The molecule has 0 aliphatic rings. The SMILES string of the molecule is COC(=O)c1cccc2[nH]c(CCCc3cccs3)nc12. The van der Waals surface area contributed by atoms with E-state index in [4.69, 9.17) is 4.74 Å². The number of fused-ring (bicyclic) bond motifs is 1. The van der Waals surface area contributed by atoms with E-state index < -0.39 is 0 Å². The zero-order chi connectivity index (χ0) is 14.7. The zero-order valence-corrected chi connectivity index (χ0v) is 12.6. The molecule has 5 heteroatoms. The molecule has 0 spiro atoms. The number of ether oxygens (including phenoxy) is 1. The van der Waals surface area contributed by atoms with Gasteiger partial charge >= 0.3 is 5.97 Å². The van der Waals surface area contributed by atoms with E-state index in [1.807, 2.05) is 12.1 Å². The van der Waals surface area contributed by atoms with Crippen molar-refractivity contribution >= 4 is 28.3 Å². The van der Waals surface area contributed by atoms with Gasteiger partial charge in [-0.3, -0.25) is 0 Å². The van der Waals surface area contributed by atoms with E-state index >= 15 is 0 Å². The first-order chi connectivity index (χ1) is 10.3. The number of thiophene rings is 1. The second-order valence-corrected chi connectivity index (χ2v) is 5.84. The van der Waals surface area contributed by atoms with Crippen LogP contribution in [0.3, 0.4) is 0 Å². The molecule has 0 saturated carbocycles. The first-order valence-corrected chi connectivity index (χ1v) is 7.74. The smallest absolute Gasteiger partial charge is 0.340 e. The number of hydrogen-bond donors (Lipinski definition) is 1. The Labute approximate surface area is 126 Å². The van der Waals surface area contributed by atoms with Crippen LogP contribution < -0.4 is 0 Å². The molecule has 2 aromatic heterocycles. The van der Waals surface area contributed by atoms with Crippen molar-refractivity contribution in [1.29, 1.82) is 0 Å². The van der Waals surface area contributed by atoms with Crippen molar-refractivity contribution in [3.05, 3.63) is 52.0 Å². The minimum atomic E-state index is -0.350. The lowest BCUT2D eigenvalue weighted by molar-refractivity contribution is 0.0603. The van der Waals surface area contributed by atoms with Gasteiger partial charge in [0.25, 0.3) is 0 Å². The molecule has 21 heavy (non-hydrogen) atoms. The van der Waals surface area contributed by atoms with Crippen molar-refractivity contribution in [2.45, 2.75) is 19.3 Å². The Morgan fingerprint density at radius 2 is 2.19 bits per heavy atom. The van der Waals surface area contributed by atoms with Crippen molar-refractivity contribution < 1.29 is 9.53 Å². The quantitative estimate of drug-likeness (QED) is 0.733. The standard InChI is InChI=1S/C16H16N2O2S/c1-20-16(19)12-7-3-8-13-15(12)18-14(17-13)9-2-5-11-6-4-10-21-11/h3-4,6-8,10H,2,5,9H2,1H3,(H,17,18). The summed E-state index contributed by atoms with van der Waals surface area (Å²) in [5.41, 5.74) is 2.08. The van der Waals surface area contributed by atoms with Crippen LogP contribution in [0.1, 0.15) is 27.5 Å². The van der Waals surface area contributed by atoms with E-state index in [1.54, 1.807) is 17.4 Å². The Kier molecular flexibility index (Phi) is 4.01. The van der Waals surface area contributed by atoms with Crippen molar-refractivity contribution in [3.63, 3.8) is 0 Å². The molecular formula is C16H16N2O2S. The van der Waals surface area contributed by atoms with Gasteiger partial charge in [0, 0.05) is 11.3 Å². The van der Waals surface area contributed by atoms with Crippen molar-refractivity contribution in [1.82, 2.24) is 9.97 Å². The van der Waals surface area contributed by atoms with Crippen LogP contribution in [0.15, 0.2) is 35.7 Å². The Bertz CT molecular complexity index is 747. The molecule has 108 valence electrons. The maximum absolute atomic E-state index is 11.7.